The van der Waals surface area contributed by atoms with Crippen molar-refractivity contribution >= 4 is 24.2 Å². The lowest BCUT2D eigenvalue weighted by molar-refractivity contribution is -0.279. The molecule has 3 aliphatic carbocycles. The van der Waals surface area contributed by atoms with Crippen LogP contribution in [-0.4, -0.2) is 66.9 Å². The van der Waals surface area contributed by atoms with E-state index in [0.717, 1.165) is 16.7 Å². The van der Waals surface area contributed by atoms with Crippen molar-refractivity contribution in [1.29, 1.82) is 0 Å². The number of aliphatic hydroxyl groups excluding tert-OH is 1. The maximum Gasteiger partial charge on any atom is 0.333 e. The van der Waals surface area contributed by atoms with E-state index in [1.807, 2.05) is 19.9 Å². The van der Waals surface area contributed by atoms with Gasteiger partial charge in [-0.05, 0) is 57.2 Å². The van der Waals surface area contributed by atoms with Gasteiger partial charge in [0.1, 0.15) is 24.6 Å². The number of carbonyl (C=O) groups is 4. The van der Waals surface area contributed by atoms with Gasteiger partial charge in [0.2, 0.25) is 0 Å². The van der Waals surface area contributed by atoms with E-state index in [2.05, 4.69) is 6.92 Å². The summed E-state index contributed by atoms with van der Waals surface area (Å²) in [6.45, 7) is 12.3. The maximum absolute atomic E-state index is 13.3. The zero-order valence-corrected chi connectivity index (χ0v) is 26.7. The van der Waals surface area contributed by atoms with Crippen LogP contribution < -0.4 is 0 Å². The van der Waals surface area contributed by atoms with Crippen LogP contribution >= 0.6 is 0 Å². The van der Waals surface area contributed by atoms with Crippen LogP contribution in [0.3, 0.4) is 0 Å². The van der Waals surface area contributed by atoms with Gasteiger partial charge in [0.05, 0.1) is 37.3 Å². The smallest absolute Gasteiger partial charge is 0.333 e. The van der Waals surface area contributed by atoms with Gasteiger partial charge in [0.15, 0.2) is 0 Å². The second-order valence-corrected chi connectivity index (χ2v) is 13.6. The number of fused-ring (bicyclic) bond motifs is 4. The van der Waals surface area contributed by atoms with Crippen LogP contribution in [0.15, 0.2) is 45.8 Å². The Morgan fingerprint density at radius 2 is 1.84 bits per heavy atom. The Labute approximate surface area is 258 Å². The minimum atomic E-state index is -1.42. The van der Waals surface area contributed by atoms with E-state index in [0.29, 0.717) is 18.3 Å². The van der Waals surface area contributed by atoms with E-state index >= 15 is 0 Å². The molecule has 0 amide bonds. The molecule has 11 unspecified atom stereocenters. The Bertz CT molecular complexity index is 1390. The van der Waals surface area contributed by atoms with Gasteiger partial charge < -0.3 is 33.3 Å². The van der Waals surface area contributed by atoms with Gasteiger partial charge in [-0.1, -0.05) is 25.5 Å². The largest absolute Gasteiger partial charge is 0.472 e. The topological polar surface area (TPSA) is 139 Å². The van der Waals surface area contributed by atoms with Crippen molar-refractivity contribution in [3.63, 3.8) is 0 Å². The predicted octanol–water partition coefficient (Wildman–Crippen LogP) is 4.45. The number of hydrogen-bond acceptors (Lipinski definition) is 10. The van der Waals surface area contributed by atoms with E-state index < -0.39 is 70.4 Å². The number of rotatable bonds is 7. The number of carbonyl (C=O) groups excluding carboxylic acids is 4. The molecular weight excluding hydrogens is 568 g/mol. The van der Waals surface area contributed by atoms with E-state index in [1.54, 1.807) is 39.4 Å². The molecule has 1 N–H and O–H groups in total. The Morgan fingerprint density at radius 3 is 2.41 bits per heavy atom. The van der Waals surface area contributed by atoms with Crippen LogP contribution in [0, 0.1) is 28.1 Å². The number of furan rings is 1. The normalized spacial score (nSPS) is 41.3. The highest BCUT2D eigenvalue weighted by Crippen LogP contribution is 2.72. The fraction of sp³-hybridized carbons (Fsp3) is 0.647. The van der Waals surface area contributed by atoms with E-state index in [9.17, 15) is 24.3 Å². The lowest BCUT2D eigenvalue weighted by atomic mass is 9.39. The number of hydrogen-bond donors (Lipinski definition) is 1. The number of aliphatic hydroxyl groups is 1. The first-order valence-electron chi connectivity index (χ1n) is 15.3. The summed E-state index contributed by atoms with van der Waals surface area (Å²) in [4.78, 5) is 52.3. The molecule has 44 heavy (non-hydrogen) atoms. The molecule has 3 fully saturated rings. The van der Waals surface area contributed by atoms with E-state index in [4.69, 9.17) is 23.4 Å². The standard InChI is InChI=1S/C34H44O10/c1-9-17(2)31(39)44-25-14-24(37)32(5,16-35)29-28(42-19(4)36)30-34(7,23(33(25,29)6)13-26(38)40-8)27-18(3)21(12-22(27)43-30)20-10-11-41-15-20/h9-11,15-16,21-25,28-30,37H,12-14H2,1-8H3. The van der Waals surface area contributed by atoms with Gasteiger partial charge in [-0.15, -0.1) is 0 Å². The third-order valence-corrected chi connectivity index (χ3v) is 11.6. The summed E-state index contributed by atoms with van der Waals surface area (Å²) in [6.07, 6.45) is 1.94. The molecule has 1 aromatic rings. The summed E-state index contributed by atoms with van der Waals surface area (Å²) in [5.74, 6) is -3.06. The Balaban J connectivity index is 1.79. The van der Waals surface area contributed by atoms with Gasteiger partial charge >= 0.3 is 17.9 Å². The van der Waals surface area contributed by atoms with Crippen LogP contribution in [0.4, 0.5) is 0 Å². The van der Waals surface area contributed by atoms with Crippen molar-refractivity contribution < 1.29 is 47.6 Å². The van der Waals surface area contributed by atoms with Crippen molar-refractivity contribution in [3.8, 4) is 0 Å². The van der Waals surface area contributed by atoms with Gasteiger partial charge in [0, 0.05) is 48.0 Å². The molecule has 4 aliphatic rings. The van der Waals surface area contributed by atoms with Gasteiger partial charge in [-0.25, -0.2) is 4.79 Å². The average Bonchev–Trinajstić information content (AvgIpc) is 3.69. The van der Waals surface area contributed by atoms with Crippen molar-refractivity contribution in [3.05, 3.63) is 47.0 Å². The first kappa shape index (κ1) is 32.2. The quantitative estimate of drug-likeness (QED) is 0.154. The molecule has 11 atom stereocenters. The van der Waals surface area contributed by atoms with Crippen LogP contribution in [0.2, 0.25) is 0 Å². The summed E-state index contributed by atoms with van der Waals surface area (Å²) in [5, 5.41) is 11.5. The molecule has 0 aromatic carbocycles. The van der Waals surface area contributed by atoms with Crippen molar-refractivity contribution in [1.82, 2.24) is 0 Å². The fourth-order valence-corrected chi connectivity index (χ4v) is 9.41. The maximum atomic E-state index is 13.3. The second-order valence-electron chi connectivity index (χ2n) is 13.6. The molecule has 0 bridgehead atoms. The molecule has 240 valence electrons. The van der Waals surface area contributed by atoms with Gasteiger partial charge in [0.25, 0.3) is 0 Å². The minimum absolute atomic E-state index is 0.0161. The van der Waals surface area contributed by atoms with Crippen LogP contribution in [0.25, 0.3) is 0 Å². The highest BCUT2D eigenvalue weighted by molar-refractivity contribution is 5.87. The summed E-state index contributed by atoms with van der Waals surface area (Å²) in [7, 11) is 1.32. The molecule has 2 saturated carbocycles. The van der Waals surface area contributed by atoms with Crippen LogP contribution in [0.5, 0.6) is 0 Å². The number of esters is 3. The lowest BCUT2D eigenvalue weighted by Gasteiger charge is -2.66. The summed E-state index contributed by atoms with van der Waals surface area (Å²) < 4.78 is 29.8. The van der Waals surface area contributed by atoms with Gasteiger partial charge in [-0.3, -0.25) is 9.59 Å². The van der Waals surface area contributed by atoms with Crippen molar-refractivity contribution in [2.24, 2.45) is 28.1 Å². The van der Waals surface area contributed by atoms with Gasteiger partial charge in [-0.2, -0.15) is 0 Å². The summed E-state index contributed by atoms with van der Waals surface area (Å²) in [6, 6.07) is 1.93. The molecule has 10 nitrogen and oxygen atoms in total. The lowest BCUT2D eigenvalue weighted by Crippen LogP contribution is -2.73. The molecule has 2 heterocycles. The number of allylic oxidation sites excluding steroid dienone is 2. The summed E-state index contributed by atoms with van der Waals surface area (Å²) in [5.41, 5.74) is -0.00747. The number of ether oxygens (including phenoxy) is 4. The predicted molar refractivity (Wildman–Crippen MR) is 157 cm³/mol. The average molecular weight is 613 g/mol. The van der Waals surface area contributed by atoms with Crippen molar-refractivity contribution in [2.75, 3.05) is 7.11 Å². The minimum Gasteiger partial charge on any atom is -0.472 e. The molecule has 0 radical (unpaired) electrons. The SMILES string of the molecule is CC=C(C)C(=O)OC1CC(O)C(C)(C=O)C2C(OC(C)=O)C3OC4CC(c5ccoc5)C(C)=C4C3(C)C(CC(=O)OC)C12C. The zero-order chi connectivity index (χ0) is 32.4. The Hall–Kier alpha value is -3.24. The van der Waals surface area contributed by atoms with Crippen LogP contribution in [-0.2, 0) is 38.1 Å². The molecule has 0 spiro atoms. The Kier molecular flexibility index (Phi) is 8.25. The van der Waals surface area contributed by atoms with Crippen molar-refractivity contribution in [2.45, 2.75) is 104 Å². The number of methoxy groups -OCH3 is 1. The monoisotopic (exact) mass is 612 g/mol. The highest BCUT2D eigenvalue weighted by Gasteiger charge is 2.76. The summed E-state index contributed by atoms with van der Waals surface area (Å²) >= 11 is 0. The first-order chi connectivity index (χ1) is 20.7. The first-order valence-corrected chi connectivity index (χ1v) is 15.3. The van der Waals surface area contributed by atoms with E-state index in [1.165, 1.54) is 14.0 Å². The van der Waals surface area contributed by atoms with Crippen LogP contribution in [0.1, 0.15) is 79.2 Å². The zero-order valence-electron chi connectivity index (χ0n) is 26.7. The van der Waals surface area contributed by atoms with E-state index in [-0.39, 0.29) is 24.9 Å². The molecule has 1 aromatic heterocycles. The fourth-order valence-electron chi connectivity index (χ4n) is 9.41. The molecule has 5 rings (SSSR count). The molecule has 1 aliphatic heterocycles. The third-order valence-electron chi connectivity index (χ3n) is 11.6. The highest BCUT2D eigenvalue weighted by atomic mass is 16.6. The molecule has 10 heteroatoms. The third kappa shape index (κ3) is 4.50. The molecular formula is C34H44O10. The number of aldehydes is 1. The molecule has 1 saturated heterocycles. The Morgan fingerprint density at radius 1 is 1.14 bits per heavy atom. The second kappa shape index (κ2) is 11.3.